The Morgan fingerprint density at radius 3 is 2.57 bits per heavy atom. The highest BCUT2D eigenvalue weighted by molar-refractivity contribution is 7.98. The molecule has 0 aliphatic carbocycles. The van der Waals surface area contributed by atoms with Crippen LogP contribution in [0.4, 0.5) is 0 Å². The van der Waals surface area contributed by atoms with Gasteiger partial charge in [-0.15, -0.1) is 10.2 Å². The van der Waals surface area contributed by atoms with E-state index in [9.17, 15) is 4.79 Å². The van der Waals surface area contributed by atoms with Gasteiger partial charge in [0.15, 0.2) is 5.16 Å². The third-order valence-electron chi connectivity index (χ3n) is 4.82. The van der Waals surface area contributed by atoms with E-state index in [-0.39, 0.29) is 5.56 Å². The Balaban J connectivity index is 1.64. The van der Waals surface area contributed by atoms with Crippen molar-refractivity contribution in [3.05, 3.63) is 99.6 Å². The summed E-state index contributed by atoms with van der Waals surface area (Å²) in [7, 11) is 0. The van der Waals surface area contributed by atoms with Crippen LogP contribution in [0, 0.1) is 0 Å². The van der Waals surface area contributed by atoms with Gasteiger partial charge >= 0.3 is 0 Å². The Hall–Kier alpha value is -3.16. The minimum atomic E-state index is -0.0770. The second-order valence-electron chi connectivity index (χ2n) is 6.79. The van der Waals surface area contributed by atoms with Gasteiger partial charge in [-0.2, -0.15) is 0 Å². The summed E-state index contributed by atoms with van der Waals surface area (Å²) in [5.74, 6) is 1.19. The molecule has 0 radical (unpaired) electrons. The highest BCUT2D eigenvalue weighted by Crippen LogP contribution is 2.25. The van der Waals surface area contributed by atoms with Crippen molar-refractivity contribution in [1.29, 1.82) is 0 Å². The molecule has 3 aromatic heterocycles. The summed E-state index contributed by atoms with van der Waals surface area (Å²) in [5.41, 5.74) is 2.79. The van der Waals surface area contributed by atoms with E-state index >= 15 is 0 Å². The summed E-state index contributed by atoms with van der Waals surface area (Å²) in [6.07, 6.45) is 1.69. The van der Waals surface area contributed by atoms with Gasteiger partial charge in [0.25, 0.3) is 5.56 Å². The molecule has 0 unspecified atom stereocenters. The molecule has 0 spiro atoms. The molecule has 148 valence electrons. The van der Waals surface area contributed by atoms with Crippen molar-refractivity contribution in [1.82, 2.24) is 24.1 Å². The number of benzene rings is 2. The molecule has 3 heterocycles. The number of nitrogens with zero attached hydrogens (tertiary/aromatic N) is 5. The highest BCUT2D eigenvalue weighted by atomic mass is 35.5. The molecular weight excluding hydrogens is 418 g/mol. The quantitative estimate of drug-likeness (QED) is 0.303. The predicted molar refractivity (Wildman–Crippen MR) is 119 cm³/mol. The fourth-order valence-corrected chi connectivity index (χ4v) is 4.50. The average Bonchev–Trinajstić information content (AvgIpc) is 3.20. The van der Waals surface area contributed by atoms with Gasteiger partial charge in [-0.1, -0.05) is 65.8 Å². The lowest BCUT2D eigenvalue weighted by Crippen LogP contribution is -2.24. The first-order valence-corrected chi connectivity index (χ1v) is 10.7. The van der Waals surface area contributed by atoms with E-state index in [0.717, 1.165) is 21.8 Å². The molecule has 0 aliphatic heterocycles. The molecule has 0 saturated heterocycles. The molecule has 30 heavy (non-hydrogen) atoms. The monoisotopic (exact) mass is 433 g/mol. The SMILES string of the molecule is O=c1c2ccccc2n2c(SCc3ccnc(Cl)c3)nnc2n1Cc1ccccc1. The number of fused-ring (bicyclic) bond motifs is 3. The second-order valence-corrected chi connectivity index (χ2v) is 8.12. The van der Waals surface area contributed by atoms with E-state index in [2.05, 4.69) is 15.2 Å². The zero-order valence-corrected chi connectivity index (χ0v) is 17.3. The van der Waals surface area contributed by atoms with Gasteiger partial charge < -0.3 is 0 Å². The first-order chi connectivity index (χ1) is 14.7. The van der Waals surface area contributed by atoms with Crippen LogP contribution in [0.25, 0.3) is 16.7 Å². The summed E-state index contributed by atoms with van der Waals surface area (Å²) < 4.78 is 3.63. The minimum Gasteiger partial charge on any atom is -0.272 e. The number of hydrogen-bond acceptors (Lipinski definition) is 5. The van der Waals surface area contributed by atoms with Crippen LogP contribution in [0.2, 0.25) is 5.15 Å². The number of hydrogen-bond donors (Lipinski definition) is 0. The zero-order valence-electron chi connectivity index (χ0n) is 15.8. The van der Waals surface area contributed by atoms with Gasteiger partial charge in [0.05, 0.1) is 17.4 Å². The topological polar surface area (TPSA) is 65.1 Å². The van der Waals surface area contributed by atoms with Crippen LogP contribution in [0.15, 0.2) is 82.9 Å². The maximum Gasteiger partial charge on any atom is 0.263 e. The fraction of sp³-hybridized carbons (Fsp3) is 0.0909. The van der Waals surface area contributed by atoms with Crippen LogP contribution in [0.3, 0.4) is 0 Å². The third-order valence-corrected chi connectivity index (χ3v) is 6.03. The van der Waals surface area contributed by atoms with E-state index < -0.39 is 0 Å². The van der Waals surface area contributed by atoms with E-state index in [1.807, 2.05) is 71.1 Å². The summed E-state index contributed by atoms with van der Waals surface area (Å²) >= 11 is 7.54. The number of thioether (sulfide) groups is 1. The molecule has 5 rings (SSSR count). The highest BCUT2D eigenvalue weighted by Gasteiger charge is 2.17. The summed E-state index contributed by atoms with van der Waals surface area (Å²) in [5, 5.41) is 10.6. The molecule has 0 saturated carbocycles. The van der Waals surface area contributed by atoms with Crippen molar-refractivity contribution in [3.8, 4) is 0 Å². The van der Waals surface area contributed by atoms with Gasteiger partial charge in [0.2, 0.25) is 5.78 Å². The van der Waals surface area contributed by atoms with Crippen molar-refractivity contribution >= 4 is 40.0 Å². The summed E-state index contributed by atoms with van der Waals surface area (Å²) in [6.45, 7) is 0.427. The number of aromatic nitrogens is 5. The molecule has 8 heteroatoms. The third kappa shape index (κ3) is 3.46. The van der Waals surface area contributed by atoms with Crippen molar-refractivity contribution in [3.63, 3.8) is 0 Å². The molecule has 0 N–H and O–H groups in total. The summed E-state index contributed by atoms with van der Waals surface area (Å²) in [4.78, 5) is 17.2. The number of pyridine rings is 1. The zero-order chi connectivity index (χ0) is 20.5. The lowest BCUT2D eigenvalue weighted by Gasteiger charge is -2.11. The Bertz CT molecular complexity index is 1410. The van der Waals surface area contributed by atoms with Gasteiger partial charge in [-0.3, -0.25) is 13.8 Å². The van der Waals surface area contributed by atoms with Gasteiger partial charge in [-0.05, 0) is 35.4 Å². The van der Waals surface area contributed by atoms with Gasteiger partial charge in [-0.25, -0.2) is 4.98 Å². The Kier molecular flexibility index (Phi) is 4.98. The fourth-order valence-electron chi connectivity index (χ4n) is 3.42. The molecule has 0 bridgehead atoms. The smallest absolute Gasteiger partial charge is 0.263 e. The van der Waals surface area contributed by atoms with Crippen molar-refractivity contribution in [2.24, 2.45) is 0 Å². The summed E-state index contributed by atoms with van der Waals surface area (Å²) in [6, 6.07) is 21.2. The molecular formula is C22H16ClN5OS. The largest absolute Gasteiger partial charge is 0.272 e. The molecule has 0 amide bonds. The first kappa shape index (κ1) is 18.8. The van der Waals surface area contributed by atoms with Crippen LogP contribution < -0.4 is 5.56 Å². The predicted octanol–water partition coefficient (Wildman–Crippen LogP) is 4.43. The Morgan fingerprint density at radius 2 is 1.73 bits per heavy atom. The first-order valence-electron chi connectivity index (χ1n) is 9.34. The molecule has 6 nitrogen and oxygen atoms in total. The maximum atomic E-state index is 13.2. The molecule has 0 fully saturated rings. The van der Waals surface area contributed by atoms with Crippen LogP contribution in [0.1, 0.15) is 11.1 Å². The maximum absolute atomic E-state index is 13.2. The van der Waals surface area contributed by atoms with Crippen LogP contribution in [-0.4, -0.2) is 24.1 Å². The molecule has 2 aromatic carbocycles. The van der Waals surface area contributed by atoms with E-state index in [0.29, 0.717) is 28.6 Å². The van der Waals surface area contributed by atoms with E-state index in [1.165, 1.54) is 0 Å². The van der Waals surface area contributed by atoms with Gasteiger partial charge in [0.1, 0.15) is 5.15 Å². The number of halogens is 1. The Morgan fingerprint density at radius 1 is 0.933 bits per heavy atom. The number of para-hydroxylation sites is 1. The Labute approximate surface area is 181 Å². The molecule has 0 aliphatic rings. The van der Waals surface area contributed by atoms with Gasteiger partial charge in [0, 0.05) is 11.9 Å². The standard InChI is InChI=1S/C22H16ClN5OS/c23-19-12-16(10-11-24-19)14-30-22-26-25-21-27(13-15-6-2-1-3-7-15)20(29)17-8-4-5-9-18(17)28(21)22/h1-12H,13-14H2. The van der Waals surface area contributed by atoms with Crippen LogP contribution in [0.5, 0.6) is 0 Å². The van der Waals surface area contributed by atoms with Crippen molar-refractivity contribution in [2.45, 2.75) is 17.5 Å². The minimum absolute atomic E-state index is 0.0770. The average molecular weight is 434 g/mol. The van der Waals surface area contributed by atoms with Crippen molar-refractivity contribution in [2.75, 3.05) is 0 Å². The number of rotatable bonds is 5. The normalized spacial score (nSPS) is 11.4. The lowest BCUT2D eigenvalue weighted by atomic mass is 10.2. The van der Waals surface area contributed by atoms with Crippen LogP contribution >= 0.6 is 23.4 Å². The molecule has 5 aromatic rings. The molecule has 0 atom stereocenters. The second kappa shape index (κ2) is 7.93. The van der Waals surface area contributed by atoms with E-state index in [1.54, 1.807) is 22.5 Å². The van der Waals surface area contributed by atoms with E-state index in [4.69, 9.17) is 11.6 Å². The lowest BCUT2D eigenvalue weighted by molar-refractivity contribution is 0.764. The van der Waals surface area contributed by atoms with Crippen LogP contribution in [-0.2, 0) is 12.3 Å². The van der Waals surface area contributed by atoms with Crippen molar-refractivity contribution < 1.29 is 0 Å².